The molecule has 2 aliphatic heterocycles. The predicted octanol–water partition coefficient (Wildman–Crippen LogP) is 3.07. The first-order chi connectivity index (χ1) is 15.3. The van der Waals surface area contributed by atoms with E-state index in [9.17, 15) is 14.7 Å². The van der Waals surface area contributed by atoms with Gasteiger partial charge in [-0.05, 0) is 44.0 Å². The number of nitrogens with zero attached hydrogens (tertiary/aromatic N) is 2. The third-order valence-electron chi connectivity index (χ3n) is 6.35. The van der Waals surface area contributed by atoms with E-state index in [1.165, 1.54) is 12.3 Å². The van der Waals surface area contributed by atoms with E-state index in [-0.39, 0.29) is 23.1 Å². The van der Waals surface area contributed by atoms with Crippen LogP contribution in [0.3, 0.4) is 0 Å². The number of aromatic carboxylic acids is 1. The maximum absolute atomic E-state index is 12.6. The fraction of sp³-hybridized carbons (Fsp3) is 0.500. The normalized spacial score (nSPS) is 20.4. The van der Waals surface area contributed by atoms with Crippen molar-refractivity contribution >= 4 is 5.97 Å². The third-order valence-corrected chi connectivity index (χ3v) is 6.35. The second kappa shape index (κ2) is 8.60. The molecule has 2 aromatic rings. The molecule has 2 unspecified atom stereocenters. The van der Waals surface area contributed by atoms with Gasteiger partial charge in [0.2, 0.25) is 0 Å². The number of rotatable bonds is 8. The number of carbonyl (C=O) groups is 1. The average molecular weight is 443 g/mol. The van der Waals surface area contributed by atoms with E-state index in [0.29, 0.717) is 25.5 Å². The molecule has 0 bridgehead atoms. The summed E-state index contributed by atoms with van der Waals surface area (Å²) < 4.78 is 18.5. The molecule has 8 nitrogen and oxygen atoms in total. The quantitative estimate of drug-likeness (QED) is 0.629. The molecule has 1 saturated heterocycles. The Hall–Kier alpha value is -2.84. The number of ether oxygens (including phenoxy) is 3. The van der Waals surface area contributed by atoms with Crippen LogP contribution < -0.4 is 15.2 Å². The topological polar surface area (TPSA) is 90.2 Å². The molecule has 8 heteroatoms. The molecule has 172 valence electrons. The number of hydrogen-bond acceptors (Lipinski definition) is 6. The van der Waals surface area contributed by atoms with Gasteiger partial charge < -0.3 is 19.3 Å². The zero-order valence-electron chi connectivity index (χ0n) is 19.0. The zero-order chi connectivity index (χ0) is 23.0. The van der Waals surface area contributed by atoms with Crippen molar-refractivity contribution in [3.63, 3.8) is 0 Å². The molecule has 1 N–H and O–H groups in total. The SMILES string of the molecule is COCCCOc1ccc2c(c1)C1C(COC)CC(C)(C)N1n1cc(C(=O)O)c(=O)cc1-2. The number of fused-ring (bicyclic) bond motifs is 6. The highest BCUT2D eigenvalue weighted by Crippen LogP contribution is 2.51. The van der Waals surface area contributed by atoms with Crippen LogP contribution in [-0.2, 0) is 9.47 Å². The van der Waals surface area contributed by atoms with Crippen LogP contribution in [-0.4, -0.2) is 55.3 Å². The molecule has 3 heterocycles. The first-order valence-electron chi connectivity index (χ1n) is 10.8. The monoisotopic (exact) mass is 442 g/mol. The largest absolute Gasteiger partial charge is 0.493 e. The lowest BCUT2D eigenvalue weighted by Crippen LogP contribution is -2.50. The minimum atomic E-state index is -1.22. The van der Waals surface area contributed by atoms with Crippen molar-refractivity contribution < 1.29 is 24.1 Å². The molecule has 1 aromatic heterocycles. The van der Waals surface area contributed by atoms with Gasteiger partial charge in [-0.3, -0.25) is 14.5 Å². The lowest BCUT2D eigenvalue weighted by Gasteiger charge is -2.45. The first-order valence-corrected chi connectivity index (χ1v) is 10.8. The number of benzene rings is 1. The van der Waals surface area contributed by atoms with Gasteiger partial charge in [0.05, 0.1) is 30.5 Å². The Balaban J connectivity index is 1.86. The number of pyridine rings is 1. The molecule has 2 atom stereocenters. The van der Waals surface area contributed by atoms with Crippen LogP contribution in [0.5, 0.6) is 5.75 Å². The number of aromatic nitrogens is 1. The van der Waals surface area contributed by atoms with Crippen molar-refractivity contribution in [2.45, 2.75) is 38.3 Å². The van der Waals surface area contributed by atoms with Gasteiger partial charge in [-0.15, -0.1) is 0 Å². The minimum Gasteiger partial charge on any atom is -0.493 e. The van der Waals surface area contributed by atoms with E-state index in [1.807, 2.05) is 22.9 Å². The Bertz CT molecular complexity index is 1080. The number of carboxylic acid groups (broad SMARTS) is 1. The molecule has 0 aliphatic carbocycles. The molecule has 0 radical (unpaired) electrons. The van der Waals surface area contributed by atoms with Gasteiger partial charge in [0.1, 0.15) is 11.3 Å². The smallest absolute Gasteiger partial charge is 0.341 e. The Kier molecular flexibility index (Phi) is 6.01. The summed E-state index contributed by atoms with van der Waals surface area (Å²) in [6.45, 7) is 6.02. The third kappa shape index (κ3) is 3.78. The van der Waals surface area contributed by atoms with Gasteiger partial charge in [0.25, 0.3) is 0 Å². The van der Waals surface area contributed by atoms with Crippen molar-refractivity contribution in [2.75, 3.05) is 39.0 Å². The first kappa shape index (κ1) is 22.4. The molecular formula is C24H30N2O6. The van der Waals surface area contributed by atoms with Crippen LogP contribution in [0, 0.1) is 5.92 Å². The molecule has 1 aromatic carbocycles. The average Bonchev–Trinajstić information content (AvgIpc) is 3.01. The summed E-state index contributed by atoms with van der Waals surface area (Å²) in [5.41, 5.74) is 1.63. The van der Waals surface area contributed by atoms with E-state index < -0.39 is 11.4 Å². The van der Waals surface area contributed by atoms with Crippen LogP contribution in [0.4, 0.5) is 0 Å². The second-order valence-corrected chi connectivity index (χ2v) is 9.05. The fourth-order valence-electron chi connectivity index (χ4n) is 5.16. The lowest BCUT2D eigenvalue weighted by molar-refractivity contribution is 0.0694. The van der Waals surface area contributed by atoms with Crippen LogP contribution >= 0.6 is 0 Å². The minimum absolute atomic E-state index is 0.0425. The van der Waals surface area contributed by atoms with E-state index in [1.54, 1.807) is 14.2 Å². The Labute approximate surface area is 187 Å². The van der Waals surface area contributed by atoms with Crippen LogP contribution in [0.2, 0.25) is 0 Å². The molecule has 32 heavy (non-hydrogen) atoms. The van der Waals surface area contributed by atoms with Crippen molar-refractivity contribution in [1.29, 1.82) is 0 Å². The Morgan fingerprint density at radius 2 is 1.97 bits per heavy atom. The van der Waals surface area contributed by atoms with E-state index in [2.05, 4.69) is 18.9 Å². The van der Waals surface area contributed by atoms with Crippen molar-refractivity contribution in [3.05, 3.63) is 51.8 Å². The Morgan fingerprint density at radius 1 is 1.19 bits per heavy atom. The molecule has 4 rings (SSSR count). The van der Waals surface area contributed by atoms with Crippen LogP contribution in [0.25, 0.3) is 11.3 Å². The standard InChI is InChI=1S/C24H30N2O6/c1-24(2)12-15(14-31-4)22-18-10-16(32-9-5-8-30-3)6-7-17(18)20-11-21(27)19(23(28)29)13-25(20)26(22)24/h6-7,10-11,13,15,22H,5,8-9,12,14H2,1-4H3,(H,28,29). The van der Waals surface area contributed by atoms with Gasteiger partial charge in [-0.2, -0.15) is 0 Å². The van der Waals surface area contributed by atoms with Gasteiger partial charge in [0.15, 0.2) is 5.43 Å². The number of methoxy groups -OCH3 is 2. The predicted molar refractivity (Wildman–Crippen MR) is 120 cm³/mol. The number of hydrogen-bond donors (Lipinski definition) is 1. The summed E-state index contributed by atoms with van der Waals surface area (Å²) in [7, 11) is 3.36. The summed E-state index contributed by atoms with van der Waals surface area (Å²) in [4.78, 5) is 24.3. The highest BCUT2D eigenvalue weighted by Gasteiger charge is 2.50. The second-order valence-electron chi connectivity index (χ2n) is 9.05. The summed E-state index contributed by atoms with van der Waals surface area (Å²) >= 11 is 0. The molecule has 2 aliphatic rings. The zero-order valence-corrected chi connectivity index (χ0v) is 19.0. The molecule has 0 saturated carbocycles. The van der Waals surface area contributed by atoms with E-state index in [4.69, 9.17) is 14.2 Å². The van der Waals surface area contributed by atoms with Gasteiger partial charge in [0, 0.05) is 51.0 Å². The lowest BCUT2D eigenvalue weighted by atomic mass is 9.87. The van der Waals surface area contributed by atoms with E-state index >= 15 is 0 Å². The summed E-state index contributed by atoms with van der Waals surface area (Å²) in [6.07, 6.45) is 3.11. The summed E-state index contributed by atoms with van der Waals surface area (Å²) in [5.74, 6) is -0.269. The fourth-order valence-corrected chi connectivity index (χ4v) is 5.16. The van der Waals surface area contributed by atoms with Crippen LogP contribution in [0.15, 0.2) is 35.3 Å². The van der Waals surface area contributed by atoms with Crippen LogP contribution in [0.1, 0.15) is 48.7 Å². The highest BCUT2D eigenvalue weighted by molar-refractivity contribution is 5.88. The van der Waals surface area contributed by atoms with Crippen molar-refractivity contribution in [3.8, 4) is 17.0 Å². The van der Waals surface area contributed by atoms with Crippen molar-refractivity contribution in [2.24, 2.45) is 5.92 Å². The molecule has 1 fully saturated rings. The molecular weight excluding hydrogens is 412 g/mol. The van der Waals surface area contributed by atoms with Gasteiger partial charge >= 0.3 is 5.97 Å². The summed E-state index contributed by atoms with van der Waals surface area (Å²) in [5, 5.41) is 11.7. The van der Waals surface area contributed by atoms with Gasteiger partial charge in [-0.1, -0.05) is 0 Å². The molecule has 0 amide bonds. The molecule has 0 spiro atoms. The summed E-state index contributed by atoms with van der Waals surface area (Å²) in [6, 6.07) is 7.28. The number of carboxylic acids is 1. The van der Waals surface area contributed by atoms with E-state index in [0.717, 1.165) is 29.7 Å². The maximum atomic E-state index is 12.6. The highest BCUT2D eigenvalue weighted by atomic mass is 16.5. The van der Waals surface area contributed by atoms with Crippen molar-refractivity contribution in [1.82, 2.24) is 4.68 Å². The maximum Gasteiger partial charge on any atom is 0.341 e. The van der Waals surface area contributed by atoms with Gasteiger partial charge in [-0.25, -0.2) is 4.79 Å². The Morgan fingerprint density at radius 3 is 2.66 bits per heavy atom.